The third-order valence-electron chi connectivity index (χ3n) is 8.82. The second-order valence-corrected chi connectivity index (χ2v) is 12.3. The molecule has 0 aromatic heterocycles. The van der Waals surface area contributed by atoms with Gasteiger partial charge in [0.15, 0.2) is 11.6 Å². The van der Waals surface area contributed by atoms with Crippen LogP contribution < -0.4 is 15.4 Å². The highest BCUT2D eigenvalue weighted by atomic mass is 16.6. The number of hydrogen-bond donors (Lipinski definition) is 2. The van der Waals surface area contributed by atoms with Crippen LogP contribution in [0.3, 0.4) is 0 Å². The average molecular weight is 586 g/mol. The van der Waals surface area contributed by atoms with Gasteiger partial charge < -0.3 is 24.8 Å². The van der Waals surface area contributed by atoms with E-state index in [9.17, 15) is 19.2 Å². The number of benzene rings is 1. The Kier molecular flexibility index (Phi) is 11.5. The van der Waals surface area contributed by atoms with Crippen molar-refractivity contribution in [2.45, 2.75) is 82.9 Å². The number of ketones is 2. The van der Waals surface area contributed by atoms with Gasteiger partial charge >= 0.3 is 0 Å². The number of nitrogens with zero attached hydrogens (tertiary/aromatic N) is 1. The Hall–Kier alpha value is -2.82. The first-order chi connectivity index (χ1) is 20.2. The lowest BCUT2D eigenvalue weighted by Gasteiger charge is -2.29. The van der Waals surface area contributed by atoms with Crippen LogP contribution in [0.4, 0.5) is 0 Å². The molecule has 4 atom stereocenters. The summed E-state index contributed by atoms with van der Waals surface area (Å²) in [5, 5.41) is 5.84. The molecule has 3 aliphatic rings. The Morgan fingerprint density at radius 1 is 1.05 bits per heavy atom. The maximum absolute atomic E-state index is 13.8. The zero-order valence-corrected chi connectivity index (χ0v) is 25.3. The van der Waals surface area contributed by atoms with Crippen molar-refractivity contribution in [2.75, 3.05) is 46.6 Å². The molecule has 232 valence electrons. The van der Waals surface area contributed by atoms with Gasteiger partial charge in [-0.2, -0.15) is 0 Å². The van der Waals surface area contributed by atoms with Crippen molar-refractivity contribution in [1.29, 1.82) is 0 Å². The van der Waals surface area contributed by atoms with Crippen LogP contribution in [-0.2, 0) is 35.1 Å². The Balaban J connectivity index is 1.44. The van der Waals surface area contributed by atoms with Gasteiger partial charge in [-0.15, -0.1) is 0 Å². The number of nitrogens with one attached hydrogen (secondary N) is 2. The fourth-order valence-electron chi connectivity index (χ4n) is 5.95. The fourth-order valence-corrected chi connectivity index (χ4v) is 5.95. The molecular formula is C32H47N3O7. The lowest BCUT2D eigenvalue weighted by molar-refractivity contribution is -0.135. The Morgan fingerprint density at radius 2 is 1.71 bits per heavy atom. The quantitative estimate of drug-likeness (QED) is 0.301. The van der Waals surface area contributed by atoms with Crippen LogP contribution >= 0.6 is 0 Å². The van der Waals surface area contributed by atoms with E-state index in [1.54, 1.807) is 21.0 Å². The third kappa shape index (κ3) is 9.34. The maximum Gasteiger partial charge on any atom is 0.234 e. The van der Waals surface area contributed by atoms with Gasteiger partial charge in [-0.25, -0.2) is 0 Å². The van der Waals surface area contributed by atoms with Crippen molar-refractivity contribution in [3.8, 4) is 5.75 Å². The zero-order valence-electron chi connectivity index (χ0n) is 25.3. The molecule has 42 heavy (non-hydrogen) atoms. The van der Waals surface area contributed by atoms with E-state index in [1.165, 1.54) is 6.42 Å². The van der Waals surface area contributed by atoms with Crippen molar-refractivity contribution < 1.29 is 33.4 Å². The first-order valence-electron chi connectivity index (χ1n) is 15.4. The topological polar surface area (TPSA) is 127 Å². The molecule has 0 radical (unpaired) electrons. The summed E-state index contributed by atoms with van der Waals surface area (Å²) in [6.07, 6.45) is 6.41. The molecule has 2 saturated heterocycles. The fraction of sp³-hybridized carbons (Fsp3) is 0.688. The molecule has 10 nitrogen and oxygen atoms in total. The molecular weight excluding hydrogens is 538 g/mol. The summed E-state index contributed by atoms with van der Waals surface area (Å²) in [4.78, 5) is 55.2. The van der Waals surface area contributed by atoms with Crippen molar-refractivity contribution in [3.05, 3.63) is 29.8 Å². The van der Waals surface area contributed by atoms with Crippen LogP contribution in [0.25, 0.3) is 0 Å². The average Bonchev–Trinajstić information content (AvgIpc) is 3.75. The van der Waals surface area contributed by atoms with Crippen LogP contribution in [-0.4, -0.2) is 92.5 Å². The third-order valence-corrected chi connectivity index (χ3v) is 8.82. The van der Waals surface area contributed by atoms with Crippen LogP contribution in [0.2, 0.25) is 0 Å². The van der Waals surface area contributed by atoms with E-state index in [-0.39, 0.29) is 36.3 Å². The highest BCUT2D eigenvalue weighted by molar-refractivity contribution is 5.98. The van der Waals surface area contributed by atoms with E-state index in [1.807, 2.05) is 29.2 Å². The molecule has 10 heteroatoms. The van der Waals surface area contributed by atoms with Gasteiger partial charge in [0, 0.05) is 25.4 Å². The minimum absolute atomic E-state index is 0.0605. The first kappa shape index (κ1) is 32.1. The second kappa shape index (κ2) is 15.1. The van der Waals surface area contributed by atoms with E-state index >= 15 is 0 Å². The molecule has 4 rings (SSSR count). The summed E-state index contributed by atoms with van der Waals surface area (Å²) in [5.74, 6) is -0.526. The Bertz CT molecular complexity index is 1080. The van der Waals surface area contributed by atoms with E-state index in [4.69, 9.17) is 14.2 Å². The van der Waals surface area contributed by atoms with Crippen molar-refractivity contribution >= 4 is 23.4 Å². The highest BCUT2D eigenvalue weighted by Gasteiger charge is 2.50. The minimum Gasteiger partial charge on any atom is -0.497 e. The van der Waals surface area contributed by atoms with Gasteiger partial charge in [0.1, 0.15) is 11.4 Å². The number of morpholine rings is 1. The molecule has 4 unspecified atom stereocenters. The van der Waals surface area contributed by atoms with Gasteiger partial charge in [-0.1, -0.05) is 44.2 Å². The molecule has 0 bridgehead atoms. The number of epoxide rings is 1. The van der Waals surface area contributed by atoms with E-state index in [2.05, 4.69) is 10.6 Å². The molecule has 2 amide bonds. The van der Waals surface area contributed by atoms with Crippen LogP contribution in [0.5, 0.6) is 5.75 Å². The number of ether oxygens (including phenoxy) is 3. The summed E-state index contributed by atoms with van der Waals surface area (Å²) in [7, 11) is 1.59. The predicted octanol–water partition coefficient (Wildman–Crippen LogP) is 2.46. The van der Waals surface area contributed by atoms with Gasteiger partial charge in [0.2, 0.25) is 11.8 Å². The largest absolute Gasteiger partial charge is 0.497 e. The van der Waals surface area contributed by atoms with E-state index in [0.717, 1.165) is 31.2 Å². The molecule has 3 fully saturated rings. The summed E-state index contributed by atoms with van der Waals surface area (Å²) in [5.41, 5.74) is 0.0214. The summed E-state index contributed by atoms with van der Waals surface area (Å²) in [6, 6.07) is 5.99. The summed E-state index contributed by atoms with van der Waals surface area (Å²) >= 11 is 0. The normalized spacial score (nSPS) is 23.3. The van der Waals surface area contributed by atoms with Crippen LogP contribution in [0, 0.1) is 11.8 Å². The highest BCUT2D eigenvalue weighted by Crippen LogP contribution is 2.33. The Labute approximate surface area is 249 Å². The number of carbonyl (C=O) groups is 4. The number of methoxy groups -OCH3 is 1. The molecule has 2 N–H and O–H groups in total. The number of carbonyl (C=O) groups excluding carboxylic acids is 4. The van der Waals surface area contributed by atoms with Crippen molar-refractivity contribution in [2.24, 2.45) is 11.8 Å². The molecule has 1 aliphatic carbocycles. The number of hydrogen-bond acceptors (Lipinski definition) is 8. The van der Waals surface area contributed by atoms with E-state index in [0.29, 0.717) is 57.4 Å². The first-order valence-corrected chi connectivity index (χ1v) is 15.4. The molecule has 1 aromatic carbocycles. The second-order valence-electron chi connectivity index (χ2n) is 12.3. The number of amides is 2. The van der Waals surface area contributed by atoms with Gasteiger partial charge in [-0.05, 0) is 50.3 Å². The maximum atomic E-state index is 13.8. The molecule has 0 spiro atoms. The number of Topliss-reactive ketones (excluding diaryl/α,β-unsaturated/α-hetero) is 2. The van der Waals surface area contributed by atoms with E-state index < -0.39 is 23.6 Å². The molecule has 1 aromatic rings. The van der Waals surface area contributed by atoms with Gasteiger partial charge in [0.05, 0.1) is 45.6 Å². The molecule has 2 aliphatic heterocycles. The standard InChI is InChI=1S/C32H47N3O7/c1-22(33-29(37)20-35-13-15-41-16-14-35)28(36)19-25(17-24-9-11-26(40-3)12-10-24)31(39)34-27(30(38)32(2)21-42-32)18-23-7-5-4-6-8-23/h9-12,22-23,25,27H,4-8,13-21H2,1-3H3,(H,33,37)(H,34,39). The van der Waals surface area contributed by atoms with Crippen LogP contribution in [0.15, 0.2) is 24.3 Å². The molecule has 1 saturated carbocycles. The smallest absolute Gasteiger partial charge is 0.234 e. The van der Waals surface area contributed by atoms with Crippen molar-refractivity contribution in [3.63, 3.8) is 0 Å². The van der Waals surface area contributed by atoms with Gasteiger partial charge in [0.25, 0.3) is 0 Å². The van der Waals surface area contributed by atoms with Crippen LogP contribution in [0.1, 0.15) is 64.4 Å². The Morgan fingerprint density at radius 3 is 2.33 bits per heavy atom. The lowest BCUT2D eigenvalue weighted by atomic mass is 9.82. The zero-order chi connectivity index (χ0) is 30.1. The summed E-state index contributed by atoms with van der Waals surface area (Å²) < 4.78 is 16.1. The summed E-state index contributed by atoms with van der Waals surface area (Å²) in [6.45, 7) is 6.49. The predicted molar refractivity (Wildman–Crippen MR) is 157 cm³/mol. The minimum atomic E-state index is -0.854. The van der Waals surface area contributed by atoms with Gasteiger partial charge in [-0.3, -0.25) is 24.1 Å². The SMILES string of the molecule is COc1ccc(CC(CC(=O)C(C)NC(=O)CN2CCOCC2)C(=O)NC(CC2CCCCC2)C(=O)C2(C)CO2)cc1. The monoisotopic (exact) mass is 585 g/mol. The lowest BCUT2D eigenvalue weighted by Crippen LogP contribution is -2.50. The number of rotatable bonds is 15. The van der Waals surface area contributed by atoms with Crippen molar-refractivity contribution in [1.82, 2.24) is 15.5 Å². The molecule has 2 heterocycles.